The number of hydrogen-bond acceptors (Lipinski definition) is 1. The lowest BCUT2D eigenvalue weighted by atomic mass is 9.86. The molecule has 1 aliphatic carbocycles. The highest BCUT2D eigenvalue weighted by atomic mass is 35.5. The van der Waals surface area contributed by atoms with Crippen LogP contribution in [0.4, 0.5) is 8.78 Å². The molecule has 3 aromatic carbocycles. The Morgan fingerprint density at radius 2 is 1.71 bits per heavy atom. The second-order valence-corrected chi connectivity index (χ2v) is 9.99. The van der Waals surface area contributed by atoms with Crippen LogP contribution in [0.15, 0.2) is 66.7 Å². The summed E-state index contributed by atoms with van der Waals surface area (Å²) in [5.41, 5.74) is 7.67. The second kappa shape index (κ2) is 10.4. The van der Waals surface area contributed by atoms with E-state index in [0.29, 0.717) is 22.9 Å². The molecule has 4 heteroatoms. The van der Waals surface area contributed by atoms with Gasteiger partial charge in [0.05, 0.1) is 6.67 Å². The standard InChI is InChI=1S/C30H30ClF2N/c31-25-13-14-29(33)28(18-25)27-8-3-6-23-5-1-2-7-26(23)30(27)24-11-9-21(10-12-24)17-22-19-34(20-22)16-4-15-32/h1-2,5,7,9-14,18,22H,3-4,6,8,15-17,19-20H2. The van der Waals surface area contributed by atoms with E-state index in [1.165, 1.54) is 22.8 Å². The van der Waals surface area contributed by atoms with Crippen LogP contribution in [-0.2, 0) is 12.8 Å². The molecule has 176 valence electrons. The maximum Gasteiger partial charge on any atom is 0.130 e. The molecule has 0 atom stereocenters. The normalized spacial score (nSPS) is 16.8. The van der Waals surface area contributed by atoms with Gasteiger partial charge in [0.25, 0.3) is 0 Å². The van der Waals surface area contributed by atoms with Crippen molar-refractivity contribution < 1.29 is 8.78 Å². The topological polar surface area (TPSA) is 3.24 Å². The molecular formula is C30H30ClF2N. The zero-order chi connectivity index (χ0) is 23.5. The van der Waals surface area contributed by atoms with E-state index in [9.17, 15) is 8.78 Å². The number of allylic oxidation sites excluding steroid dienone is 1. The van der Waals surface area contributed by atoms with Gasteiger partial charge in [-0.25, -0.2) is 4.39 Å². The second-order valence-electron chi connectivity index (χ2n) is 9.56. The molecule has 1 saturated heterocycles. The summed E-state index contributed by atoms with van der Waals surface area (Å²) in [4.78, 5) is 2.33. The number of halogens is 3. The lowest BCUT2D eigenvalue weighted by Crippen LogP contribution is -2.47. The van der Waals surface area contributed by atoms with E-state index in [2.05, 4.69) is 53.4 Å². The first-order valence-corrected chi connectivity index (χ1v) is 12.6. The minimum absolute atomic E-state index is 0.227. The Labute approximate surface area is 206 Å². The molecule has 34 heavy (non-hydrogen) atoms. The lowest BCUT2D eigenvalue weighted by Gasteiger charge is -2.39. The molecule has 1 heterocycles. The van der Waals surface area contributed by atoms with Gasteiger partial charge in [0.1, 0.15) is 5.82 Å². The molecule has 2 aliphatic rings. The predicted octanol–water partition coefficient (Wildman–Crippen LogP) is 7.61. The van der Waals surface area contributed by atoms with Gasteiger partial charge in [0.15, 0.2) is 0 Å². The summed E-state index contributed by atoms with van der Waals surface area (Å²) in [5, 5.41) is 0.553. The summed E-state index contributed by atoms with van der Waals surface area (Å²) in [5.74, 6) is 0.412. The SMILES string of the molecule is FCCCN1CC(Cc2ccc(C3=C(c4cc(Cl)ccc4F)CCCc4ccccc43)cc2)C1. The molecule has 0 N–H and O–H groups in total. The molecule has 0 amide bonds. The maximum absolute atomic E-state index is 15.0. The maximum atomic E-state index is 15.0. The quantitative estimate of drug-likeness (QED) is 0.338. The van der Waals surface area contributed by atoms with E-state index in [1.54, 1.807) is 12.1 Å². The van der Waals surface area contributed by atoms with Crippen molar-refractivity contribution in [2.45, 2.75) is 32.1 Å². The van der Waals surface area contributed by atoms with Crippen LogP contribution in [0.2, 0.25) is 5.02 Å². The fourth-order valence-electron chi connectivity index (χ4n) is 5.47. The molecule has 0 radical (unpaired) electrons. The first-order chi connectivity index (χ1) is 16.6. The number of likely N-dealkylation sites (tertiary alicyclic amines) is 1. The number of aryl methyl sites for hydroxylation is 1. The van der Waals surface area contributed by atoms with E-state index >= 15 is 0 Å². The number of rotatable bonds is 7. The van der Waals surface area contributed by atoms with Gasteiger partial charge < -0.3 is 4.90 Å². The summed E-state index contributed by atoms with van der Waals surface area (Å²) >= 11 is 6.29. The number of hydrogen-bond donors (Lipinski definition) is 0. The molecule has 0 aromatic heterocycles. The molecule has 1 fully saturated rings. The van der Waals surface area contributed by atoms with Crippen LogP contribution in [0.3, 0.4) is 0 Å². The van der Waals surface area contributed by atoms with Crippen LogP contribution in [0, 0.1) is 11.7 Å². The number of nitrogens with zero attached hydrogens (tertiary/aromatic N) is 1. The predicted molar refractivity (Wildman–Crippen MR) is 137 cm³/mol. The molecule has 0 unspecified atom stereocenters. The van der Waals surface area contributed by atoms with Crippen molar-refractivity contribution in [1.82, 2.24) is 4.90 Å². The molecule has 0 bridgehead atoms. The van der Waals surface area contributed by atoms with Crippen molar-refractivity contribution in [3.8, 4) is 0 Å². The van der Waals surface area contributed by atoms with E-state index in [-0.39, 0.29) is 12.5 Å². The summed E-state index contributed by atoms with van der Waals surface area (Å²) in [6.45, 7) is 2.74. The Morgan fingerprint density at radius 1 is 0.912 bits per heavy atom. The van der Waals surface area contributed by atoms with Gasteiger partial charge in [-0.15, -0.1) is 0 Å². The molecule has 1 aliphatic heterocycles. The Kier molecular flexibility index (Phi) is 7.12. The van der Waals surface area contributed by atoms with E-state index < -0.39 is 0 Å². The first-order valence-electron chi connectivity index (χ1n) is 12.3. The summed E-state index contributed by atoms with van der Waals surface area (Å²) in [6.07, 6.45) is 4.43. The van der Waals surface area contributed by atoms with Crippen molar-refractivity contribution >= 4 is 22.7 Å². The van der Waals surface area contributed by atoms with Gasteiger partial charge in [-0.2, -0.15) is 0 Å². The Hall–Kier alpha value is -2.49. The highest BCUT2D eigenvalue weighted by Crippen LogP contribution is 2.41. The minimum Gasteiger partial charge on any atom is -0.303 e. The van der Waals surface area contributed by atoms with Crippen LogP contribution in [0.5, 0.6) is 0 Å². The molecule has 5 rings (SSSR count). The molecule has 3 aromatic rings. The van der Waals surface area contributed by atoms with Crippen LogP contribution >= 0.6 is 11.6 Å². The third-order valence-corrected chi connectivity index (χ3v) is 7.36. The van der Waals surface area contributed by atoms with Gasteiger partial charge in [-0.05, 0) is 89.6 Å². The molecule has 0 spiro atoms. The van der Waals surface area contributed by atoms with Crippen LogP contribution < -0.4 is 0 Å². The van der Waals surface area contributed by atoms with Crippen molar-refractivity contribution in [3.63, 3.8) is 0 Å². The van der Waals surface area contributed by atoms with Crippen molar-refractivity contribution in [2.75, 3.05) is 26.3 Å². The van der Waals surface area contributed by atoms with E-state index in [0.717, 1.165) is 62.0 Å². The molecular weight excluding hydrogens is 448 g/mol. The zero-order valence-corrected chi connectivity index (χ0v) is 20.1. The van der Waals surface area contributed by atoms with Gasteiger partial charge >= 0.3 is 0 Å². The van der Waals surface area contributed by atoms with E-state index in [4.69, 9.17) is 11.6 Å². The van der Waals surface area contributed by atoms with Crippen molar-refractivity contribution in [1.29, 1.82) is 0 Å². The Morgan fingerprint density at radius 3 is 2.50 bits per heavy atom. The Bertz CT molecular complexity index is 1180. The minimum atomic E-state index is -0.233. The largest absolute Gasteiger partial charge is 0.303 e. The fourth-order valence-corrected chi connectivity index (χ4v) is 5.64. The first kappa shape index (κ1) is 23.3. The molecule has 1 nitrogen and oxygen atoms in total. The highest BCUT2D eigenvalue weighted by molar-refractivity contribution is 6.30. The van der Waals surface area contributed by atoms with E-state index in [1.807, 2.05) is 0 Å². The van der Waals surface area contributed by atoms with Gasteiger partial charge in [0.2, 0.25) is 0 Å². The number of benzene rings is 3. The zero-order valence-electron chi connectivity index (χ0n) is 19.4. The third kappa shape index (κ3) is 4.96. The average Bonchev–Trinajstić information content (AvgIpc) is 3.02. The third-order valence-electron chi connectivity index (χ3n) is 7.12. The number of alkyl halides is 1. The monoisotopic (exact) mass is 477 g/mol. The van der Waals surface area contributed by atoms with Crippen LogP contribution in [-0.4, -0.2) is 31.2 Å². The van der Waals surface area contributed by atoms with Crippen LogP contribution in [0.1, 0.15) is 47.1 Å². The van der Waals surface area contributed by atoms with Crippen molar-refractivity contribution in [3.05, 3.63) is 105 Å². The average molecular weight is 478 g/mol. The fraction of sp³-hybridized carbons (Fsp3) is 0.333. The highest BCUT2D eigenvalue weighted by Gasteiger charge is 2.26. The van der Waals surface area contributed by atoms with Gasteiger partial charge in [-0.3, -0.25) is 4.39 Å². The summed E-state index contributed by atoms with van der Waals surface area (Å²) in [7, 11) is 0. The smallest absolute Gasteiger partial charge is 0.130 e. The summed E-state index contributed by atoms with van der Waals surface area (Å²) in [6, 6.07) is 22.1. The van der Waals surface area contributed by atoms with Crippen LogP contribution in [0.25, 0.3) is 11.1 Å². The lowest BCUT2D eigenvalue weighted by molar-refractivity contribution is 0.0968. The van der Waals surface area contributed by atoms with Gasteiger partial charge in [0, 0.05) is 30.2 Å². The molecule has 0 saturated carbocycles. The Balaban J connectivity index is 1.47. The van der Waals surface area contributed by atoms with Crippen molar-refractivity contribution in [2.24, 2.45) is 5.92 Å². The summed E-state index contributed by atoms with van der Waals surface area (Å²) < 4.78 is 27.4. The van der Waals surface area contributed by atoms with Gasteiger partial charge in [-0.1, -0.05) is 60.1 Å². The number of fused-ring (bicyclic) bond motifs is 1.